The van der Waals surface area contributed by atoms with Gasteiger partial charge in [0.1, 0.15) is 6.04 Å². The molecule has 2 aromatic carbocycles. The lowest BCUT2D eigenvalue weighted by Crippen LogP contribution is -2.47. The van der Waals surface area contributed by atoms with E-state index in [1.807, 2.05) is 19.9 Å². The van der Waals surface area contributed by atoms with Crippen molar-refractivity contribution in [3.05, 3.63) is 59.2 Å². The van der Waals surface area contributed by atoms with Crippen LogP contribution < -0.4 is 9.62 Å². The van der Waals surface area contributed by atoms with Crippen molar-refractivity contribution < 1.29 is 22.7 Å². The second-order valence-electron chi connectivity index (χ2n) is 7.04. The number of anilines is 2. The molecule has 0 aliphatic carbocycles. The molecule has 1 N–H and O–H groups in total. The monoisotopic (exact) mass is 432 g/mol. The van der Waals surface area contributed by atoms with Gasteiger partial charge in [-0.2, -0.15) is 0 Å². The van der Waals surface area contributed by atoms with E-state index in [0.717, 1.165) is 21.7 Å². The maximum absolute atomic E-state index is 13.0. The maximum atomic E-state index is 13.0. The van der Waals surface area contributed by atoms with Gasteiger partial charge in [0.2, 0.25) is 15.9 Å². The molecule has 0 fully saturated rings. The second kappa shape index (κ2) is 9.75. The van der Waals surface area contributed by atoms with Crippen LogP contribution in [-0.2, 0) is 19.6 Å². The van der Waals surface area contributed by atoms with Crippen molar-refractivity contribution in [2.24, 2.45) is 0 Å². The van der Waals surface area contributed by atoms with Crippen molar-refractivity contribution in [2.75, 3.05) is 22.5 Å². The average molecular weight is 433 g/mol. The van der Waals surface area contributed by atoms with E-state index in [9.17, 15) is 18.0 Å². The molecular formula is C22H28N2O5S. The molecule has 0 aliphatic rings. The van der Waals surface area contributed by atoms with Crippen LogP contribution in [0.1, 0.15) is 41.8 Å². The molecule has 0 spiro atoms. The zero-order chi connectivity index (χ0) is 22.5. The molecule has 0 heterocycles. The molecule has 2 rings (SSSR count). The highest BCUT2D eigenvalue weighted by atomic mass is 32.2. The van der Waals surface area contributed by atoms with Crippen molar-refractivity contribution in [3.8, 4) is 0 Å². The Bertz CT molecular complexity index is 1030. The van der Waals surface area contributed by atoms with Crippen molar-refractivity contribution in [3.63, 3.8) is 0 Å². The van der Waals surface area contributed by atoms with Crippen LogP contribution in [0.4, 0.5) is 11.4 Å². The topological polar surface area (TPSA) is 92.8 Å². The first-order valence-electron chi connectivity index (χ1n) is 9.73. The Labute approximate surface area is 178 Å². The van der Waals surface area contributed by atoms with Crippen LogP contribution in [-0.4, -0.2) is 39.2 Å². The molecule has 0 radical (unpaired) electrons. The van der Waals surface area contributed by atoms with E-state index >= 15 is 0 Å². The molecule has 7 nitrogen and oxygen atoms in total. The normalized spacial score (nSPS) is 12.2. The number of amides is 1. The van der Waals surface area contributed by atoms with Crippen LogP contribution in [0, 0.1) is 13.8 Å². The number of carbonyl (C=O) groups is 2. The minimum absolute atomic E-state index is 0.243. The number of aryl methyl sites for hydroxylation is 2. The Morgan fingerprint density at radius 2 is 1.77 bits per heavy atom. The van der Waals surface area contributed by atoms with E-state index in [4.69, 9.17) is 4.74 Å². The first kappa shape index (κ1) is 23.4. The standard InChI is InChI=1S/C22H28N2O5S/c1-6-20(24(30(5,27)28)19-12-11-15(3)16(4)13-19)21(25)23-18-10-8-9-17(14-18)22(26)29-7-2/h8-14,20H,6-7H2,1-5H3,(H,23,25). The summed E-state index contributed by atoms with van der Waals surface area (Å²) in [4.78, 5) is 25.0. The minimum Gasteiger partial charge on any atom is -0.462 e. The van der Waals surface area contributed by atoms with Gasteiger partial charge in [0, 0.05) is 5.69 Å². The first-order valence-corrected chi connectivity index (χ1v) is 11.6. The molecule has 0 saturated carbocycles. The Balaban J connectivity index is 2.36. The molecule has 2 aromatic rings. The number of nitrogens with one attached hydrogen (secondary N) is 1. The summed E-state index contributed by atoms with van der Waals surface area (Å²) in [6, 6.07) is 10.7. The van der Waals surface area contributed by atoms with Crippen molar-refractivity contribution in [2.45, 2.75) is 40.2 Å². The van der Waals surface area contributed by atoms with E-state index in [2.05, 4.69) is 5.32 Å². The third kappa shape index (κ3) is 5.60. The summed E-state index contributed by atoms with van der Waals surface area (Å²) in [5.41, 5.74) is 3.08. The van der Waals surface area contributed by atoms with Gasteiger partial charge in [-0.25, -0.2) is 13.2 Å². The lowest BCUT2D eigenvalue weighted by molar-refractivity contribution is -0.117. The highest BCUT2D eigenvalue weighted by molar-refractivity contribution is 7.92. The molecule has 1 amide bonds. The van der Waals surface area contributed by atoms with Crippen molar-refractivity contribution >= 4 is 33.3 Å². The Morgan fingerprint density at radius 1 is 1.07 bits per heavy atom. The lowest BCUT2D eigenvalue weighted by atomic mass is 10.1. The Hall–Kier alpha value is -2.87. The van der Waals surface area contributed by atoms with Gasteiger partial charge < -0.3 is 10.1 Å². The SMILES string of the molecule is CCOC(=O)c1cccc(NC(=O)C(CC)N(c2ccc(C)c(C)c2)S(C)(=O)=O)c1. The molecule has 30 heavy (non-hydrogen) atoms. The fourth-order valence-electron chi connectivity index (χ4n) is 3.09. The quantitative estimate of drug-likeness (QED) is 0.643. The molecule has 0 aliphatic heterocycles. The summed E-state index contributed by atoms with van der Waals surface area (Å²) in [5, 5.41) is 2.73. The number of carbonyl (C=O) groups excluding carboxylic acids is 2. The fourth-order valence-corrected chi connectivity index (χ4v) is 4.29. The molecule has 1 unspecified atom stereocenters. The predicted octanol–water partition coefficient (Wildman–Crippen LogP) is 3.66. The summed E-state index contributed by atoms with van der Waals surface area (Å²) in [5.74, 6) is -0.976. The number of hydrogen-bond donors (Lipinski definition) is 1. The number of sulfonamides is 1. The molecule has 8 heteroatoms. The van der Waals surface area contributed by atoms with Gasteiger partial charge >= 0.3 is 5.97 Å². The van der Waals surface area contributed by atoms with Crippen LogP contribution in [0.2, 0.25) is 0 Å². The highest BCUT2D eigenvalue weighted by Gasteiger charge is 2.31. The number of benzene rings is 2. The van der Waals surface area contributed by atoms with Gasteiger partial charge in [0.05, 0.1) is 24.1 Å². The highest BCUT2D eigenvalue weighted by Crippen LogP contribution is 2.26. The van der Waals surface area contributed by atoms with Crippen LogP contribution in [0.5, 0.6) is 0 Å². The summed E-state index contributed by atoms with van der Waals surface area (Å²) >= 11 is 0. The molecule has 0 aromatic heterocycles. The lowest BCUT2D eigenvalue weighted by Gasteiger charge is -2.30. The van der Waals surface area contributed by atoms with Gasteiger partial charge in [-0.05, 0) is 68.7 Å². The zero-order valence-electron chi connectivity index (χ0n) is 17.9. The zero-order valence-corrected chi connectivity index (χ0v) is 18.7. The predicted molar refractivity (Wildman–Crippen MR) is 118 cm³/mol. The average Bonchev–Trinajstić information content (AvgIpc) is 2.67. The summed E-state index contributed by atoms with van der Waals surface area (Å²) in [7, 11) is -3.73. The second-order valence-corrected chi connectivity index (χ2v) is 8.90. The molecular weight excluding hydrogens is 404 g/mol. The Kier molecular flexibility index (Phi) is 7.61. The number of esters is 1. The van der Waals surface area contributed by atoms with Crippen LogP contribution >= 0.6 is 0 Å². The summed E-state index contributed by atoms with van der Waals surface area (Å²) in [6.45, 7) is 7.53. The van der Waals surface area contributed by atoms with Crippen LogP contribution in [0.25, 0.3) is 0 Å². The van der Waals surface area contributed by atoms with E-state index in [-0.39, 0.29) is 13.0 Å². The van der Waals surface area contributed by atoms with Gasteiger partial charge in [-0.15, -0.1) is 0 Å². The third-order valence-corrected chi connectivity index (χ3v) is 5.90. The number of nitrogens with zero attached hydrogens (tertiary/aromatic N) is 1. The third-order valence-electron chi connectivity index (χ3n) is 4.72. The van der Waals surface area contributed by atoms with Crippen LogP contribution in [0.15, 0.2) is 42.5 Å². The van der Waals surface area contributed by atoms with E-state index in [1.54, 1.807) is 44.2 Å². The summed E-state index contributed by atoms with van der Waals surface area (Å²) in [6.07, 6.45) is 1.35. The van der Waals surface area contributed by atoms with E-state index < -0.39 is 27.9 Å². The van der Waals surface area contributed by atoms with E-state index in [1.165, 1.54) is 6.07 Å². The number of ether oxygens (including phenoxy) is 1. The smallest absolute Gasteiger partial charge is 0.338 e. The minimum atomic E-state index is -3.73. The molecule has 1 atom stereocenters. The molecule has 162 valence electrons. The first-order chi connectivity index (χ1) is 14.1. The van der Waals surface area contributed by atoms with Gasteiger partial charge in [-0.3, -0.25) is 9.10 Å². The molecule has 0 saturated heterocycles. The van der Waals surface area contributed by atoms with Gasteiger partial charge in [0.15, 0.2) is 0 Å². The number of hydrogen-bond acceptors (Lipinski definition) is 5. The maximum Gasteiger partial charge on any atom is 0.338 e. The van der Waals surface area contributed by atoms with Crippen molar-refractivity contribution in [1.82, 2.24) is 0 Å². The van der Waals surface area contributed by atoms with Crippen molar-refractivity contribution in [1.29, 1.82) is 0 Å². The fraction of sp³-hybridized carbons (Fsp3) is 0.364. The number of rotatable bonds is 8. The van der Waals surface area contributed by atoms with Crippen LogP contribution in [0.3, 0.4) is 0 Å². The summed E-state index contributed by atoms with van der Waals surface area (Å²) < 4.78 is 31.3. The Morgan fingerprint density at radius 3 is 2.33 bits per heavy atom. The molecule has 0 bridgehead atoms. The van der Waals surface area contributed by atoms with Gasteiger partial charge in [0.25, 0.3) is 0 Å². The van der Waals surface area contributed by atoms with E-state index in [0.29, 0.717) is 16.9 Å². The van der Waals surface area contributed by atoms with Gasteiger partial charge in [-0.1, -0.05) is 19.1 Å². The largest absolute Gasteiger partial charge is 0.462 e.